The van der Waals surface area contributed by atoms with Crippen LogP contribution >= 0.6 is 0 Å². The topological polar surface area (TPSA) is 88.7 Å². The van der Waals surface area contributed by atoms with Crippen LogP contribution in [0.15, 0.2) is 17.2 Å². The lowest BCUT2D eigenvalue weighted by Crippen LogP contribution is -2.40. The molecule has 0 spiro atoms. The fraction of sp³-hybridized carbons (Fsp3) is 0.615. The SMILES string of the molecule is CCCCOC(=O)c1cc(S(=O)(=O)N2CCOCC2)c[nH]1. The molecule has 8 heteroatoms. The highest BCUT2D eigenvalue weighted by Gasteiger charge is 2.28. The minimum Gasteiger partial charge on any atom is -0.461 e. The summed E-state index contributed by atoms with van der Waals surface area (Å²) >= 11 is 0. The number of nitrogens with zero attached hydrogens (tertiary/aromatic N) is 1. The second-order valence-electron chi connectivity index (χ2n) is 4.75. The molecule has 1 aliphatic rings. The number of aromatic nitrogens is 1. The number of nitrogens with one attached hydrogen (secondary N) is 1. The number of rotatable bonds is 6. The number of unbranched alkanes of at least 4 members (excludes halogenated alkanes) is 1. The fourth-order valence-corrected chi connectivity index (χ4v) is 3.37. The molecule has 0 unspecified atom stereocenters. The monoisotopic (exact) mass is 316 g/mol. The average molecular weight is 316 g/mol. The van der Waals surface area contributed by atoms with Gasteiger partial charge in [0.1, 0.15) is 10.6 Å². The Hall–Kier alpha value is -1.38. The van der Waals surface area contributed by atoms with Crippen molar-refractivity contribution in [2.75, 3.05) is 32.9 Å². The minimum absolute atomic E-state index is 0.0758. The normalized spacial score (nSPS) is 16.8. The number of hydrogen-bond acceptors (Lipinski definition) is 5. The van der Waals surface area contributed by atoms with E-state index in [1.807, 2.05) is 6.92 Å². The second kappa shape index (κ2) is 7.06. The van der Waals surface area contributed by atoms with Crippen LogP contribution in [0, 0.1) is 0 Å². The Morgan fingerprint density at radius 1 is 1.43 bits per heavy atom. The van der Waals surface area contributed by atoms with Crippen molar-refractivity contribution in [1.82, 2.24) is 9.29 Å². The molecule has 0 bridgehead atoms. The molecule has 0 saturated carbocycles. The molecule has 118 valence electrons. The van der Waals surface area contributed by atoms with E-state index in [2.05, 4.69) is 4.98 Å². The van der Waals surface area contributed by atoms with E-state index in [1.165, 1.54) is 16.6 Å². The van der Waals surface area contributed by atoms with Crippen molar-refractivity contribution in [2.24, 2.45) is 0 Å². The Labute approximate surface area is 124 Å². The number of morpholine rings is 1. The highest BCUT2D eigenvalue weighted by atomic mass is 32.2. The molecule has 2 rings (SSSR count). The summed E-state index contributed by atoms with van der Waals surface area (Å²) in [7, 11) is -3.59. The number of sulfonamides is 1. The van der Waals surface area contributed by atoms with Crippen LogP contribution < -0.4 is 0 Å². The molecule has 0 radical (unpaired) electrons. The van der Waals surface area contributed by atoms with Crippen molar-refractivity contribution in [1.29, 1.82) is 0 Å². The number of ether oxygens (including phenoxy) is 2. The van der Waals surface area contributed by atoms with Crippen molar-refractivity contribution >= 4 is 16.0 Å². The standard InChI is InChI=1S/C13H20N2O5S/c1-2-3-6-20-13(16)12-9-11(10-14-12)21(17,18)15-4-7-19-8-5-15/h9-10,14H,2-8H2,1H3. The van der Waals surface area contributed by atoms with Crippen molar-refractivity contribution < 1.29 is 22.7 Å². The number of aromatic amines is 1. The zero-order valence-corrected chi connectivity index (χ0v) is 12.8. The summed E-state index contributed by atoms with van der Waals surface area (Å²) in [5.41, 5.74) is 0.151. The summed E-state index contributed by atoms with van der Waals surface area (Å²) in [4.78, 5) is 14.5. The smallest absolute Gasteiger partial charge is 0.354 e. The molecule has 2 heterocycles. The lowest BCUT2D eigenvalue weighted by atomic mass is 10.3. The molecule has 1 aliphatic heterocycles. The van der Waals surface area contributed by atoms with E-state index >= 15 is 0 Å². The summed E-state index contributed by atoms with van der Waals surface area (Å²) in [6, 6.07) is 1.32. The molecular weight excluding hydrogens is 296 g/mol. The Kier molecular flexibility index (Phi) is 5.38. The van der Waals surface area contributed by atoms with Gasteiger partial charge in [0.25, 0.3) is 0 Å². The maximum atomic E-state index is 12.4. The van der Waals surface area contributed by atoms with Crippen LogP contribution in [0.4, 0.5) is 0 Å². The first-order valence-corrected chi connectivity index (χ1v) is 8.43. The Bertz CT molecular complexity index is 575. The molecule has 1 aromatic heterocycles. The summed E-state index contributed by atoms with van der Waals surface area (Å²) in [5.74, 6) is -0.535. The van der Waals surface area contributed by atoms with Gasteiger partial charge in [-0.1, -0.05) is 13.3 Å². The predicted octanol–water partition coefficient (Wildman–Crippen LogP) is 0.992. The summed E-state index contributed by atoms with van der Waals surface area (Å²) < 4.78 is 36.3. The third-order valence-corrected chi connectivity index (χ3v) is 5.09. The van der Waals surface area contributed by atoms with Crippen LogP contribution in [0.3, 0.4) is 0 Å². The van der Waals surface area contributed by atoms with Gasteiger partial charge in [-0.05, 0) is 12.5 Å². The molecule has 1 saturated heterocycles. The number of hydrogen-bond donors (Lipinski definition) is 1. The highest BCUT2D eigenvalue weighted by Crippen LogP contribution is 2.18. The van der Waals surface area contributed by atoms with Gasteiger partial charge in [-0.3, -0.25) is 0 Å². The van der Waals surface area contributed by atoms with E-state index in [-0.39, 0.29) is 10.6 Å². The van der Waals surface area contributed by atoms with Gasteiger partial charge < -0.3 is 14.5 Å². The average Bonchev–Trinajstić information content (AvgIpc) is 2.99. The van der Waals surface area contributed by atoms with Crippen LogP contribution in [0.2, 0.25) is 0 Å². The predicted molar refractivity (Wildman–Crippen MR) is 75.6 cm³/mol. The minimum atomic E-state index is -3.59. The van der Waals surface area contributed by atoms with Crippen LogP contribution in [-0.4, -0.2) is 56.6 Å². The molecule has 1 N–H and O–H groups in total. The zero-order chi connectivity index (χ0) is 15.3. The van der Waals surface area contributed by atoms with Crippen molar-refractivity contribution in [2.45, 2.75) is 24.7 Å². The lowest BCUT2D eigenvalue weighted by Gasteiger charge is -2.25. The van der Waals surface area contributed by atoms with Gasteiger partial charge in [0, 0.05) is 19.3 Å². The maximum absolute atomic E-state index is 12.4. The van der Waals surface area contributed by atoms with Crippen LogP contribution in [0.1, 0.15) is 30.3 Å². The van der Waals surface area contributed by atoms with Gasteiger partial charge in [0.05, 0.1) is 19.8 Å². The van der Waals surface area contributed by atoms with E-state index in [1.54, 1.807) is 0 Å². The summed E-state index contributed by atoms with van der Waals surface area (Å²) in [5, 5.41) is 0. The lowest BCUT2D eigenvalue weighted by molar-refractivity contribution is 0.0493. The van der Waals surface area contributed by atoms with Crippen LogP contribution in [-0.2, 0) is 19.5 Å². The fourth-order valence-electron chi connectivity index (χ4n) is 1.96. The molecule has 7 nitrogen and oxygen atoms in total. The molecular formula is C13H20N2O5S. The Morgan fingerprint density at radius 2 is 2.14 bits per heavy atom. The maximum Gasteiger partial charge on any atom is 0.354 e. The molecule has 1 fully saturated rings. The van der Waals surface area contributed by atoms with Crippen LogP contribution in [0.25, 0.3) is 0 Å². The Balaban J connectivity index is 2.06. The van der Waals surface area contributed by atoms with Gasteiger partial charge in [0.15, 0.2) is 0 Å². The molecule has 0 aliphatic carbocycles. The van der Waals surface area contributed by atoms with Gasteiger partial charge in [-0.25, -0.2) is 13.2 Å². The largest absolute Gasteiger partial charge is 0.461 e. The highest BCUT2D eigenvalue weighted by molar-refractivity contribution is 7.89. The molecule has 0 aromatic carbocycles. The van der Waals surface area contributed by atoms with E-state index in [4.69, 9.17) is 9.47 Å². The molecule has 21 heavy (non-hydrogen) atoms. The van der Waals surface area contributed by atoms with Crippen molar-refractivity contribution in [3.63, 3.8) is 0 Å². The summed E-state index contributed by atoms with van der Waals surface area (Å²) in [6.45, 7) is 3.74. The molecule has 0 amide bonds. The van der Waals surface area contributed by atoms with E-state index in [0.717, 1.165) is 12.8 Å². The summed E-state index contributed by atoms with van der Waals surface area (Å²) in [6.07, 6.45) is 3.03. The van der Waals surface area contributed by atoms with Crippen molar-refractivity contribution in [3.05, 3.63) is 18.0 Å². The second-order valence-corrected chi connectivity index (χ2v) is 6.69. The number of esters is 1. The number of H-pyrrole nitrogens is 1. The van der Waals surface area contributed by atoms with Crippen molar-refractivity contribution in [3.8, 4) is 0 Å². The van der Waals surface area contributed by atoms with Gasteiger partial charge in [-0.15, -0.1) is 0 Å². The molecule has 0 atom stereocenters. The quantitative estimate of drug-likeness (QED) is 0.624. The van der Waals surface area contributed by atoms with Gasteiger partial charge >= 0.3 is 5.97 Å². The van der Waals surface area contributed by atoms with Gasteiger partial charge in [0.2, 0.25) is 10.0 Å². The zero-order valence-electron chi connectivity index (χ0n) is 12.0. The van der Waals surface area contributed by atoms with Gasteiger partial charge in [-0.2, -0.15) is 4.31 Å². The number of carbonyl (C=O) groups excluding carboxylic acids is 1. The first kappa shape index (κ1) is 16.0. The third-order valence-electron chi connectivity index (χ3n) is 3.22. The van der Waals surface area contributed by atoms with E-state index in [9.17, 15) is 13.2 Å². The van der Waals surface area contributed by atoms with Crippen LogP contribution in [0.5, 0.6) is 0 Å². The van der Waals surface area contributed by atoms with E-state index in [0.29, 0.717) is 32.9 Å². The first-order chi connectivity index (χ1) is 10.1. The Morgan fingerprint density at radius 3 is 2.81 bits per heavy atom. The number of carbonyl (C=O) groups is 1. The third kappa shape index (κ3) is 3.84. The molecule has 1 aromatic rings. The van der Waals surface area contributed by atoms with E-state index < -0.39 is 16.0 Å². The first-order valence-electron chi connectivity index (χ1n) is 6.99.